The van der Waals surface area contributed by atoms with Crippen LogP contribution < -0.4 is 0 Å². The Morgan fingerprint density at radius 1 is 1.48 bits per heavy atom. The van der Waals surface area contributed by atoms with Crippen LogP contribution in [0.25, 0.3) is 11.0 Å². The fraction of sp³-hybridized carbons (Fsp3) is 0.400. The summed E-state index contributed by atoms with van der Waals surface area (Å²) in [6, 6.07) is 4.08. The van der Waals surface area contributed by atoms with Crippen molar-refractivity contribution in [2.75, 3.05) is 19.8 Å². The minimum absolute atomic E-state index is 0.0370. The van der Waals surface area contributed by atoms with E-state index in [0.717, 1.165) is 33.2 Å². The SMILES string of the molecule is CCOCC(=O)N1CCc2nc3ncc(Br)cc3cc2C1. The lowest BCUT2D eigenvalue weighted by molar-refractivity contribution is -0.136. The van der Waals surface area contributed by atoms with Crippen molar-refractivity contribution in [3.8, 4) is 0 Å². The molecule has 0 N–H and O–H groups in total. The predicted octanol–water partition coefficient (Wildman–Crippen LogP) is 2.31. The highest BCUT2D eigenvalue weighted by atomic mass is 79.9. The van der Waals surface area contributed by atoms with Gasteiger partial charge in [-0.25, -0.2) is 9.97 Å². The summed E-state index contributed by atoms with van der Waals surface area (Å²) in [7, 11) is 0. The Morgan fingerprint density at radius 3 is 3.14 bits per heavy atom. The average molecular weight is 350 g/mol. The van der Waals surface area contributed by atoms with E-state index in [-0.39, 0.29) is 12.5 Å². The molecule has 0 saturated carbocycles. The lowest BCUT2D eigenvalue weighted by atomic mass is 10.0. The van der Waals surface area contributed by atoms with E-state index in [0.29, 0.717) is 19.7 Å². The number of ether oxygens (including phenoxy) is 1. The van der Waals surface area contributed by atoms with Gasteiger partial charge in [0.2, 0.25) is 5.91 Å². The topological polar surface area (TPSA) is 55.3 Å². The number of aromatic nitrogens is 2. The summed E-state index contributed by atoms with van der Waals surface area (Å²) in [4.78, 5) is 22.8. The van der Waals surface area contributed by atoms with Crippen LogP contribution in [0.4, 0.5) is 0 Å². The molecule has 0 radical (unpaired) electrons. The monoisotopic (exact) mass is 349 g/mol. The van der Waals surface area contributed by atoms with Crippen molar-refractivity contribution < 1.29 is 9.53 Å². The third-order valence-electron chi connectivity index (χ3n) is 3.57. The number of hydrogen-bond acceptors (Lipinski definition) is 4. The molecule has 2 aromatic heterocycles. The normalized spacial score (nSPS) is 14.3. The van der Waals surface area contributed by atoms with Gasteiger partial charge in [-0.1, -0.05) is 0 Å². The van der Waals surface area contributed by atoms with Crippen LogP contribution in [0, 0.1) is 0 Å². The minimum Gasteiger partial charge on any atom is -0.372 e. The van der Waals surface area contributed by atoms with Crippen LogP contribution in [0.15, 0.2) is 22.8 Å². The zero-order chi connectivity index (χ0) is 14.8. The van der Waals surface area contributed by atoms with Gasteiger partial charge in [0, 0.05) is 47.9 Å². The summed E-state index contributed by atoms with van der Waals surface area (Å²) in [6.45, 7) is 3.88. The van der Waals surface area contributed by atoms with Gasteiger partial charge in [-0.05, 0) is 40.5 Å². The number of pyridine rings is 2. The van der Waals surface area contributed by atoms with Crippen molar-refractivity contribution in [3.63, 3.8) is 0 Å². The summed E-state index contributed by atoms with van der Waals surface area (Å²) in [5, 5.41) is 0.988. The van der Waals surface area contributed by atoms with Crippen molar-refractivity contribution in [1.29, 1.82) is 0 Å². The van der Waals surface area contributed by atoms with E-state index < -0.39 is 0 Å². The number of fused-ring (bicyclic) bond motifs is 2. The van der Waals surface area contributed by atoms with Crippen molar-refractivity contribution in [2.24, 2.45) is 0 Å². The number of amides is 1. The molecule has 0 fully saturated rings. The van der Waals surface area contributed by atoms with Crippen LogP contribution in [0.1, 0.15) is 18.2 Å². The molecular weight excluding hydrogens is 334 g/mol. The molecule has 21 heavy (non-hydrogen) atoms. The summed E-state index contributed by atoms with van der Waals surface area (Å²) in [5.41, 5.74) is 2.89. The van der Waals surface area contributed by atoms with E-state index in [4.69, 9.17) is 4.74 Å². The molecule has 0 bridgehead atoms. The lowest BCUT2D eigenvalue weighted by Crippen LogP contribution is -2.38. The van der Waals surface area contributed by atoms with Crippen molar-refractivity contribution in [3.05, 3.63) is 34.1 Å². The molecular formula is C15H16BrN3O2. The molecule has 0 aliphatic carbocycles. The van der Waals surface area contributed by atoms with Gasteiger partial charge in [-0.2, -0.15) is 0 Å². The molecule has 1 aliphatic rings. The van der Waals surface area contributed by atoms with E-state index >= 15 is 0 Å². The number of hydrogen-bond donors (Lipinski definition) is 0. The van der Waals surface area contributed by atoms with Gasteiger partial charge in [0.25, 0.3) is 0 Å². The van der Waals surface area contributed by atoms with E-state index in [2.05, 4.69) is 32.0 Å². The molecule has 110 valence electrons. The standard InChI is InChI=1S/C15H16BrN3O2/c1-2-21-9-14(20)19-4-3-13-11(8-19)5-10-6-12(16)7-17-15(10)18-13/h5-7H,2-4,8-9H2,1H3. The highest BCUT2D eigenvalue weighted by Gasteiger charge is 2.22. The molecule has 0 saturated heterocycles. The van der Waals surface area contributed by atoms with Crippen LogP contribution in [-0.2, 0) is 22.5 Å². The maximum Gasteiger partial charge on any atom is 0.248 e. The van der Waals surface area contributed by atoms with Crippen LogP contribution in [0.3, 0.4) is 0 Å². The molecule has 1 aliphatic heterocycles. The van der Waals surface area contributed by atoms with Crippen LogP contribution in [-0.4, -0.2) is 40.5 Å². The summed E-state index contributed by atoms with van der Waals surface area (Å²) in [5.74, 6) is 0.0370. The fourth-order valence-corrected chi connectivity index (χ4v) is 2.84. The number of carbonyl (C=O) groups excluding carboxylic acids is 1. The van der Waals surface area contributed by atoms with Crippen molar-refractivity contribution in [1.82, 2.24) is 14.9 Å². The van der Waals surface area contributed by atoms with Gasteiger partial charge >= 0.3 is 0 Å². The van der Waals surface area contributed by atoms with E-state index in [1.807, 2.05) is 17.9 Å². The number of halogens is 1. The second kappa shape index (κ2) is 6.07. The second-order valence-electron chi connectivity index (χ2n) is 5.00. The number of nitrogens with zero attached hydrogens (tertiary/aromatic N) is 3. The third-order valence-corrected chi connectivity index (χ3v) is 4.00. The molecule has 0 aromatic carbocycles. The quantitative estimate of drug-likeness (QED) is 0.853. The second-order valence-corrected chi connectivity index (χ2v) is 5.91. The molecule has 1 amide bonds. The van der Waals surface area contributed by atoms with Gasteiger partial charge in [-0.15, -0.1) is 0 Å². The smallest absolute Gasteiger partial charge is 0.248 e. The maximum atomic E-state index is 12.0. The van der Waals surface area contributed by atoms with Gasteiger partial charge in [0.05, 0.1) is 0 Å². The molecule has 2 aromatic rings. The fourth-order valence-electron chi connectivity index (χ4n) is 2.49. The maximum absolute atomic E-state index is 12.0. The van der Waals surface area contributed by atoms with Gasteiger partial charge < -0.3 is 9.64 Å². The first-order valence-electron chi connectivity index (χ1n) is 6.97. The number of carbonyl (C=O) groups is 1. The first kappa shape index (κ1) is 14.4. The molecule has 5 nitrogen and oxygen atoms in total. The zero-order valence-corrected chi connectivity index (χ0v) is 13.4. The molecule has 0 unspecified atom stereocenters. The highest BCUT2D eigenvalue weighted by molar-refractivity contribution is 9.10. The van der Waals surface area contributed by atoms with Crippen LogP contribution >= 0.6 is 15.9 Å². The van der Waals surface area contributed by atoms with Gasteiger partial charge in [0.1, 0.15) is 6.61 Å². The summed E-state index contributed by atoms with van der Waals surface area (Å²) >= 11 is 3.42. The molecule has 6 heteroatoms. The highest BCUT2D eigenvalue weighted by Crippen LogP contribution is 2.23. The van der Waals surface area contributed by atoms with Crippen LogP contribution in [0.2, 0.25) is 0 Å². The van der Waals surface area contributed by atoms with Crippen molar-refractivity contribution in [2.45, 2.75) is 19.9 Å². The first-order chi connectivity index (χ1) is 10.2. The Balaban J connectivity index is 1.86. The molecule has 3 heterocycles. The van der Waals surface area contributed by atoms with E-state index in [9.17, 15) is 4.79 Å². The Morgan fingerprint density at radius 2 is 2.33 bits per heavy atom. The molecule has 0 atom stereocenters. The minimum atomic E-state index is 0.0370. The van der Waals surface area contributed by atoms with E-state index in [1.165, 1.54) is 0 Å². The Bertz CT molecular complexity index is 690. The average Bonchev–Trinajstić information content (AvgIpc) is 2.50. The Hall–Kier alpha value is -1.53. The van der Waals surface area contributed by atoms with Crippen LogP contribution in [0.5, 0.6) is 0 Å². The number of rotatable bonds is 3. The Kier molecular flexibility index (Phi) is 4.17. The predicted molar refractivity (Wildman–Crippen MR) is 82.9 cm³/mol. The van der Waals surface area contributed by atoms with E-state index in [1.54, 1.807) is 6.20 Å². The lowest BCUT2D eigenvalue weighted by Gasteiger charge is -2.28. The third kappa shape index (κ3) is 3.06. The largest absolute Gasteiger partial charge is 0.372 e. The van der Waals surface area contributed by atoms with Gasteiger partial charge in [0.15, 0.2) is 5.65 Å². The summed E-state index contributed by atoms with van der Waals surface area (Å²) < 4.78 is 6.13. The molecule has 0 spiro atoms. The van der Waals surface area contributed by atoms with Crippen molar-refractivity contribution >= 4 is 32.9 Å². The van der Waals surface area contributed by atoms with Gasteiger partial charge in [-0.3, -0.25) is 4.79 Å². The molecule has 3 rings (SSSR count). The summed E-state index contributed by atoms with van der Waals surface area (Å²) in [6.07, 6.45) is 2.52. The zero-order valence-electron chi connectivity index (χ0n) is 11.8. The Labute approximate surface area is 131 Å². The first-order valence-corrected chi connectivity index (χ1v) is 7.76.